The van der Waals surface area contributed by atoms with E-state index in [1.165, 1.54) is 11.3 Å². The number of hydrogen-bond acceptors (Lipinski definition) is 4. The first-order chi connectivity index (χ1) is 12.1. The molecule has 6 heteroatoms. The summed E-state index contributed by atoms with van der Waals surface area (Å²) in [6, 6.07) is 20.8. The monoisotopic (exact) mass is 371 g/mol. The first kappa shape index (κ1) is 17.4. The van der Waals surface area contributed by atoms with Gasteiger partial charge in [-0.1, -0.05) is 54.6 Å². The summed E-state index contributed by atoms with van der Waals surface area (Å²) in [5.74, 6) is -0.265. The second kappa shape index (κ2) is 7.63. The number of hydrogen-bond donors (Lipinski definition) is 1. The summed E-state index contributed by atoms with van der Waals surface area (Å²) >= 11 is 1.32. The van der Waals surface area contributed by atoms with E-state index in [1.807, 2.05) is 11.4 Å². The van der Waals surface area contributed by atoms with Gasteiger partial charge in [-0.2, -0.15) is 0 Å². The molecule has 0 aliphatic carbocycles. The third-order valence-corrected chi connectivity index (χ3v) is 6.80. The Kier molecular flexibility index (Phi) is 5.31. The number of nitrogens with one attached hydrogen (secondary N) is 1. The van der Waals surface area contributed by atoms with Crippen LogP contribution in [0.5, 0.6) is 0 Å². The Morgan fingerprint density at radius 2 is 1.56 bits per heavy atom. The molecule has 25 heavy (non-hydrogen) atoms. The largest absolute Gasteiger partial charge is 0.350 e. The Balaban J connectivity index is 1.90. The van der Waals surface area contributed by atoms with Crippen molar-refractivity contribution in [1.29, 1.82) is 0 Å². The van der Waals surface area contributed by atoms with Gasteiger partial charge in [0.15, 0.2) is 9.84 Å². The zero-order chi connectivity index (χ0) is 17.7. The van der Waals surface area contributed by atoms with Crippen LogP contribution in [0.1, 0.15) is 20.5 Å². The fraction of sp³-hybridized carbons (Fsp3) is 0.105. The summed E-state index contributed by atoms with van der Waals surface area (Å²) in [5.41, 5.74) is 0.651. The van der Waals surface area contributed by atoms with Gasteiger partial charge >= 0.3 is 0 Å². The minimum Gasteiger partial charge on any atom is -0.350 e. The standard InChI is InChI=1S/C19H17NO3S2/c21-19(17-12-7-13-24-17)20-14-18(15-8-3-1-4-9-15)25(22,23)16-10-5-2-6-11-16/h1-13,18H,14H2,(H,20,21)/t18-/m0/s1. The molecule has 1 N–H and O–H groups in total. The van der Waals surface area contributed by atoms with Crippen LogP contribution >= 0.6 is 11.3 Å². The maximum Gasteiger partial charge on any atom is 0.261 e. The lowest BCUT2D eigenvalue weighted by molar-refractivity contribution is 0.0957. The van der Waals surface area contributed by atoms with Crippen LogP contribution < -0.4 is 5.32 Å². The quantitative estimate of drug-likeness (QED) is 0.719. The van der Waals surface area contributed by atoms with Crippen molar-refractivity contribution in [3.8, 4) is 0 Å². The Hall–Kier alpha value is -2.44. The highest BCUT2D eigenvalue weighted by molar-refractivity contribution is 7.91. The lowest BCUT2D eigenvalue weighted by atomic mass is 10.1. The molecule has 128 valence electrons. The van der Waals surface area contributed by atoms with Gasteiger partial charge in [0.1, 0.15) is 5.25 Å². The topological polar surface area (TPSA) is 63.2 Å². The van der Waals surface area contributed by atoms with Crippen LogP contribution in [0.15, 0.2) is 83.1 Å². The molecule has 1 atom stereocenters. The number of carbonyl (C=O) groups excluding carboxylic acids is 1. The van der Waals surface area contributed by atoms with Crippen molar-refractivity contribution >= 4 is 27.1 Å². The average Bonchev–Trinajstić information content (AvgIpc) is 3.18. The number of rotatable bonds is 6. The second-order valence-electron chi connectivity index (χ2n) is 5.44. The van der Waals surface area contributed by atoms with Crippen LogP contribution in [-0.2, 0) is 9.84 Å². The van der Waals surface area contributed by atoms with Crippen LogP contribution in [0.2, 0.25) is 0 Å². The fourth-order valence-corrected chi connectivity index (χ4v) is 4.85. The molecular formula is C19H17NO3S2. The molecule has 0 bridgehead atoms. The molecule has 0 saturated carbocycles. The molecule has 0 aliphatic heterocycles. The summed E-state index contributed by atoms with van der Waals surface area (Å²) in [6.45, 7) is 0.0119. The van der Waals surface area contributed by atoms with Gasteiger partial charge in [-0.3, -0.25) is 4.79 Å². The van der Waals surface area contributed by atoms with Crippen molar-refractivity contribution in [2.45, 2.75) is 10.1 Å². The molecule has 1 heterocycles. The van der Waals surface area contributed by atoms with Crippen LogP contribution in [-0.4, -0.2) is 20.9 Å². The summed E-state index contributed by atoms with van der Waals surface area (Å²) in [5, 5.41) is 3.71. The summed E-state index contributed by atoms with van der Waals surface area (Å²) in [6.07, 6.45) is 0. The molecule has 3 aromatic rings. The second-order valence-corrected chi connectivity index (χ2v) is 8.52. The molecule has 0 unspecified atom stereocenters. The van der Waals surface area contributed by atoms with E-state index < -0.39 is 15.1 Å². The number of thiophene rings is 1. The molecule has 4 nitrogen and oxygen atoms in total. The van der Waals surface area contributed by atoms with Crippen LogP contribution in [0.4, 0.5) is 0 Å². The lowest BCUT2D eigenvalue weighted by Gasteiger charge is -2.19. The van der Waals surface area contributed by atoms with Crippen molar-refractivity contribution < 1.29 is 13.2 Å². The first-order valence-electron chi connectivity index (χ1n) is 7.74. The zero-order valence-electron chi connectivity index (χ0n) is 13.3. The molecule has 3 rings (SSSR count). The van der Waals surface area contributed by atoms with E-state index in [-0.39, 0.29) is 17.3 Å². The number of carbonyl (C=O) groups is 1. The lowest BCUT2D eigenvalue weighted by Crippen LogP contribution is -2.31. The highest BCUT2D eigenvalue weighted by atomic mass is 32.2. The Morgan fingerprint density at radius 1 is 0.920 bits per heavy atom. The molecule has 0 spiro atoms. The minimum atomic E-state index is -3.63. The van der Waals surface area contributed by atoms with Crippen molar-refractivity contribution in [1.82, 2.24) is 5.32 Å². The molecular weight excluding hydrogens is 354 g/mol. The Morgan fingerprint density at radius 3 is 2.16 bits per heavy atom. The zero-order valence-corrected chi connectivity index (χ0v) is 15.0. The third kappa shape index (κ3) is 3.97. The molecule has 1 aromatic heterocycles. The van der Waals surface area contributed by atoms with Crippen molar-refractivity contribution in [2.24, 2.45) is 0 Å². The van der Waals surface area contributed by atoms with E-state index in [2.05, 4.69) is 5.32 Å². The average molecular weight is 371 g/mol. The SMILES string of the molecule is O=C(NC[C@@H](c1ccccc1)S(=O)(=O)c1ccccc1)c1cccs1. The number of amides is 1. The smallest absolute Gasteiger partial charge is 0.261 e. The summed E-state index contributed by atoms with van der Waals surface area (Å²) < 4.78 is 26.2. The highest BCUT2D eigenvalue weighted by Crippen LogP contribution is 2.28. The van der Waals surface area contributed by atoms with Crippen LogP contribution in [0.25, 0.3) is 0 Å². The van der Waals surface area contributed by atoms with Gasteiger partial charge in [0.2, 0.25) is 0 Å². The fourth-order valence-electron chi connectivity index (χ4n) is 2.53. The van der Waals surface area contributed by atoms with E-state index in [4.69, 9.17) is 0 Å². The normalized spacial score (nSPS) is 12.5. The van der Waals surface area contributed by atoms with E-state index in [0.29, 0.717) is 10.4 Å². The molecule has 0 radical (unpaired) electrons. The van der Waals surface area contributed by atoms with E-state index >= 15 is 0 Å². The maximum atomic E-state index is 13.1. The van der Waals surface area contributed by atoms with Gasteiger partial charge in [0.05, 0.1) is 9.77 Å². The van der Waals surface area contributed by atoms with Crippen LogP contribution in [0.3, 0.4) is 0 Å². The van der Waals surface area contributed by atoms with E-state index in [9.17, 15) is 13.2 Å². The first-order valence-corrected chi connectivity index (χ1v) is 10.2. The molecule has 2 aromatic carbocycles. The van der Waals surface area contributed by atoms with E-state index in [0.717, 1.165) is 0 Å². The van der Waals surface area contributed by atoms with Gasteiger partial charge in [0, 0.05) is 6.54 Å². The molecule has 1 amide bonds. The molecule has 0 aliphatic rings. The van der Waals surface area contributed by atoms with Gasteiger partial charge in [-0.15, -0.1) is 11.3 Å². The third-order valence-electron chi connectivity index (χ3n) is 3.81. The van der Waals surface area contributed by atoms with Crippen molar-refractivity contribution in [3.63, 3.8) is 0 Å². The summed E-state index contributed by atoms with van der Waals surface area (Å²) in [7, 11) is -3.63. The Bertz CT molecular complexity index is 921. The summed E-state index contributed by atoms with van der Waals surface area (Å²) in [4.78, 5) is 13.0. The van der Waals surface area contributed by atoms with Gasteiger partial charge < -0.3 is 5.32 Å². The maximum absolute atomic E-state index is 13.1. The van der Waals surface area contributed by atoms with Crippen LogP contribution in [0, 0.1) is 0 Å². The molecule has 0 fully saturated rings. The van der Waals surface area contributed by atoms with Crippen molar-refractivity contribution in [3.05, 3.63) is 88.6 Å². The van der Waals surface area contributed by atoms with Gasteiger partial charge in [-0.05, 0) is 29.1 Å². The van der Waals surface area contributed by atoms with Gasteiger partial charge in [-0.25, -0.2) is 8.42 Å². The van der Waals surface area contributed by atoms with E-state index in [1.54, 1.807) is 66.7 Å². The highest BCUT2D eigenvalue weighted by Gasteiger charge is 2.29. The van der Waals surface area contributed by atoms with Gasteiger partial charge in [0.25, 0.3) is 5.91 Å². The predicted octanol–water partition coefficient (Wildman–Crippen LogP) is 3.69. The number of sulfone groups is 1. The Labute approximate surface area is 151 Å². The predicted molar refractivity (Wildman–Crippen MR) is 99.5 cm³/mol. The van der Waals surface area contributed by atoms with Crippen molar-refractivity contribution in [2.75, 3.05) is 6.54 Å². The minimum absolute atomic E-state index is 0.0119. The number of benzene rings is 2. The molecule has 0 saturated heterocycles.